The van der Waals surface area contributed by atoms with Crippen molar-refractivity contribution in [2.24, 2.45) is 0 Å². The summed E-state index contributed by atoms with van der Waals surface area (Å²) in [6, 6.07) is 13.3. The lowest BCUT2D eigenvalue weighted by atomic mass is 10.3. The second-order valence-electron chi connectivity index (χ2n) is 6.16. The second kappa shape index (κ2) is 9.08. The molecule has 1 fully saturated rings. The van der Waals surface area contributed by atoms with Gasteiger partial charge in [0.05, 0.1) is 6.61 Å². The van der Waals surface area contributed by atoms with Crippen LogP contribution in [-0.2, 0) is 4.79 Å². The van der Waals surface area contributed by atoms with E-state index in [1.54, 1.807) is 6.20 Å². The molecule has 0 spiro atoms. The van der Waals surface area contributed by atoms with E-state index in [0.717, 1.165) is 31.1 Å². The van der Waals surface area contributed by atoms with E-state index >= 15 is 0 Å². The molecule has 1 aromatic heterocycles. The smallest absolute Gasteiger partial charge is 0.260 e. The third-order valence-corrected chi connectivity index (χ3v) is 4.26. The van der Waals surface area contributed by atoms with E-state index in [9.17, 15) is 4.79 Å². The molecule has 1 aliphatic heterocycles. The van der Waals surface area contributed by atoms with Gasteiger partial charge in [-0.2, -0.15) is 0 Å². The van der Waals surface area contributed by atoms with Crippen molar-refractivity contribution in [1.29, 1.82) is 0 Å². The van der Waals surface area contributed by atoms with E-state index in [-0.39, 0.29) is 12.5 Å². The highest BCUT2D eigenvalue weighted by Crippen LogP contribution is 2.18. The number of amides is 1. The molecule has 6 nitrogen and oxygen atoms in total. The number of carbonyl (C=O) groups is 1. The molecule has 0 radical (unpaired) electrons. The van der Waals surface area contributed by atoms with Crippen molar-refractivity contribution in [3.63, 3.8) is 0 Å². The number of carbonyl (C=O) groups excluding carboxylic acids is 1. The summed E-state index contributed by atoms with van der Waals surface area (Å²) < 4.78 is 11.2. The molecule has 0 bridgehead atoms. The SMILES string of the molecule is CCCOc1ccc(OCC(=O)N2CCN(c3ccccn3)CC2)cc1. The molecule has 6 heteroatoms. The molecule has 1 aromatic carbocycles. The second-order valence-corrected chi connectivity index (χ2v) is 6.16. The van der Waals surface area contributed by atoms with Crippen LogP contribution in [0.2, 0.25) is 0 Å². The van der Waals surface area contributed by atoms with E-state index < -0.39 is 0 Å². The Balaban J connectivity index is 1.43. The Bertz CT molecular complexity index is 683. The number of hydrogen-bond acceptors (Lipinski definition) is 5. The van der Waals surface area contributed by atoms with Crippen molar-refractivity contribution in [1.82, 2.24) is 9.88 Å². The van der Waals surface area contributed by atoms with Crippen LogP contribution in [0.15, 0.2) is 48.7 Å². The Morgan fingerprint density at radius 2 is 1.69 bits per heavy atom. The molecule has 0 aliphatic carbocycles. The zero-order valence-electron chi connectivity index (χ0n) is 15.1. The minimum atomic E-state index is 0.0111. The number of pyridine rings is 1. The van der Waals surface area contributed by atoms with Crippen molar-refractivity contribution < 1.29 is 14.3 Å². The molecule has 2 aromatic rings. The summed E-state index contributed by atoms with van der Waals surface area (Å²) in [4.78, 5) is 20.8. The topological polar surface area (TPSA) is 54.9 Å². The van der Waals surface area contributed by atoms with Crippen molar-refractivity contribution in [2.75, 3.05) is 44.3 Å². The number of rotatable bonds is 7. The Morgan fingerprint density at radius 3 is 2.31 bits per heavy atom. The summed E-state index contributed by atoms with van der Waals surface area (Å²) in [6.45, 7) is 5.75. The molecule has 1 saturated heterocycles. The number of ether oxygens (including phenoxy) is 2. The van der Waals surface area contributed by atoms with E-state index in [0.29, 0.717) is 25.4 Å². The molecule has 2 heterocycles. The zero-order valence-corrected chi connectivity index (χ0v) is 15.1. The molecule has 0 atom stereocenters. The van der Waals surface area contributed by atoms with Crippen LogP contribution in [0.3, 0.4) is 0 Å². The monoisotopic (exact) mass is 355 g/mol. The first-order valence-corrected chi connectivity index (χ1v) is 9.05. The molecule has 26 heavy (non-hydrogen) atoms. The van der Waals surface area contributed by atoms with Gasteiger partial charge in [0, 0.05) is 32.4 Å². The lowest BCUT2D eigenvalue weighted by molar-refractivity contribution is -0.133. The van der Waals surface area contributed by atoms with Gasteiger partial charge in [0.15, 0.2) is 6.61 Å². The van der Waals surface area contributed by atoms with Crippen LogP contribution in [0.1, 0.15) is 13.3 Å². The number of piperazine rings is 1. The maximum Gasteiger partial charge on any atom is 0.260 e. The molecule has 3 rings (SSSR count). The standard InChI is InChI=1S/C20H25N3O3/c1-2-15-25-17-6-8-18(9-7-17)26-16-20(24)23-13-11-22(12-14-23)19-5-3-4-10-21-19/h3-10H,2,11-16H2,1H3. The van der Waals surface area contributed by atoms with Crippen molar-refractivity contribution >= 4 is 11.7 Å². The van der Waals surface area contributed by atoms with E-state index in [1.165, 1.54) is 0 Å². The normalized spacial score (nSPS) is 14.2. The third-order valence-electron chi connectivity index (χ3n) is 4.26. The van der Waals surface area contributed by atoms with Crippen molar-refractivity contribution in [3.8, 4) is 11.5 Å². The highest BCUT2D eigenvalue weighted by molar-refractivity contribution is 5.78. The quantitative estimate of drug-likeness (QED) is 0.764. The van der Waals surface area contributed by atoms with Crippen LogP contribution in [0.4, 0.5) is 5.82 Å². The van der Waals surface area contributed by atoms with Crippen LogP contribution < -0.4 is 14.4 Å². The lowest BCUT2D eigenvalue weighted by Gasteiger charge is -2.35. The van der Waals surface area contributed by atoms with Gasteiger partial charge in [-0.25, -0.2) is 4.98 Å². The van der Waals surface area contributed by atoms with Gasteiger partial charge in [-0.3, -0.25) is 4.79 Å². The largest absolute Gasteiger partial charge is 0.494 e. The third kappa shape index (κ3) is 4.88. The average molecular weight is 355 g/mol. The first-order chi connectivity index (χ1) is 12.8. The van der Waals surface area contributed by atoms with Gasteiger partial charge >= 0.3 is 0 Å². The van der Waals surface area contributed by atoms with Crippen molar-refractivity contribution in [2.45, 2.75) is 13.3 Å². The van der Waals surface area contributed by atoms with Gasteiger partial charge < -0.3 is 19.3 Å². The molecule has 1 aliphatic rings. The number of nitrogens with zero attached hydrogens (tertiary/aromatic N) is 3. The summed E-state index contributed by atoms with van der Waals surface area (Å²) >= 11 is 0. The van der Waals surface area contributed by atoms with E-state index in [4.69, 9.17) is 9.47 Å². The minimum Gasteiger partial charge on any atom is -0.494 e. The van der Waals surface area contributed by atoms with Crippen LogP contribution in [0.25, 0.3) is 0 Å². The maximum absolute atomic E-state index is 12.4. The van der Waals surface area contributed by atoms with Crippen LogP contribution in [0, 0.1) is 0 Å². The van der Waals surface area contributed by atoms with Crippen LogP contribution in [0.5, 0.6) is 11.5 Å². The number of benzene rings is 1. The maximum atomic E-state index is 12.4. The summed E-state index contributed by atoms with van der Waals surface area (Å²) in [7, 11) is 0. The van der Waals surface area contributed by atoms with E-state index in [2.05, 4.69) is 16.8 Å². The predicted molar refractivity (Wildman–Crippen MR) is 101 cm³/mol. The summed E-state index contributed by atoms with van der Waals surface area (Å²) in [5.41, 5.74) is 0. The minimum absolute atomic E-state index is 0.0111. The molecule has 1 amide bonds. The van der Waals surface area contributed by atoms with E-state index in [1.807, 2.05) is 47.4 Å². The van der Waals surface area contributed by atoms with Gasteiger partial charge in [-0.05, 0) is 42.8 Å². The lowest BCUT2D eigenvalue weighted by Crippen LogP contribution is -2.50. The predicted octanol–water partition coefficient (Wildman–Crippen LogP) is 2.60. The Morgan fingerprint density at radius 1 is 1.00 bits per heavy atom. The first kappa shape index (κ1) is 18.0. The van der Waals surface area contributed by atoms with Crippen molar-refractivity contribution in [3.05, 3.63) is 48.7 Å². The summed E-state index contributed by atoms with van der Waals surface area (Å²) in [6.07, 6.45) is 2.76. The molecule has 0 N–H and O–H groups in total. The Labute approximate surface area is 154 Å². The fourth-order valence-corrected chi connectivity index (χ4v) is 2.81. The van der Waals surface area contributed by atoms with Gasteiger partial charge in [0.25, 0.3) is 5.91 Å². The molecule has 138 valence electrons. The fraction of sp³-hybridized carbons (Fsp3) is 0.400. The highest BCUT2D eigenvalue weighted by Gasteiger charge is 2.22. The van der Waals surface area contributed by atoms with Gasteiger partial charge in [0.2, 0.25) is 0 Å². The molecule has 0 saturated carbocycles. The average Bonchev–Trinajstić information content (AvgIpc) is 2.72. The summed E-state index contributed by atoms with van der Waals surface area (Å²) in [5, 5.41) is 0. The number of anilines is 1. The number of aromatic nitrogens is 1. The number of hydrogen-bond donors (Lipinski definition) is 0. The van der Waals surface area contributed by atoms with Crippen LogP contribution in [-0.4, -0.2) is 55.2 Å². The fourth-order valence-electron chi connectivity index (χ4n) is 2.81. The first-order valence-electron chi connectivity index (χ1n) is 9.05. The zero-order chi connectivity index (χ0) is 18.2. The molecular weight excluding hydrogens is 330 g/mol. The van der Waals surface area contributed by atoms with Gasteiger partial charge in [0.1, 0.15) is 17.3 Å². The van der Waals surface area contributed by atoms with Crippen LogP contribution >= 0.6 is 0 Å². The van der Waals surface area contributed by atoms with Gasteiger partial charge in [-0.1, -0.05) is 13.0 Å². The summed E-state index contributed by atoms with van der Waals surface area (Å²) in [5.74, 6) is 2.46. The highest BCUT2D eigenvalue weighted by atomic mass is 16.5. The Kier molecular flexibility index (Phi) is 6.30. The van der Waals surface area contributed by atoms with Gasteiger partial charge in [-0.15, -0.1) is 0 Å². The Hall–Kier alpha value is -2.76. The molecule has 0 unspecified atom stereocenters. The molecular formula is C20H25N3O3.